The third kappa shape index (κ3) is 2.81. The van der Waals surface area contributed by atoms with Gasteiger partial charge in [0.25, 0.3) is 0 Å². The van der Waals surface area contributed by atoms with Crippen LogP contribution >= 0.6 is 0 Å². The Labute approximate surface area is 115 Å². The van der Waals surface area contributed by atoms with Gasteiger partial charge < -0.3 is 10.2 Å². The maximum Gasteiger partial charge on any atom is 0.227 e. The van der Waals surface area contributed by atoms with Crippen LogP contribution in [0.1, 0.15) is 31.7 Å². The lowest BCUT2D eigenvalue weighted by atomic mass is 9.89. The van der Waals surface area contributed by atoms with E-state index >= 15 is 0 Å². The van der Waals surface area contributed by atoms with Crippen molar-refractivity contribution in [3.63, 3.8) is 0 Å². The number of aryl methyl sites for hydroxylation is 1. The van der Waals surface area contributed by atoms with Gasteiger partial charge in [-0.1, -0.05) is 6.92 Å². The van der Waals surface area contributed by atoms with E-state index in [1.54, 1.807) is 4.68 Å². The molecule has 1 N–H and O–H groups in total. The van der Waals surface area contributed by atoms with Crippen molar-refractivity contribution in [2.75, 3.05) is 20.1 Å². The molecule has 0 spiro atoms. The number of amides is 1. The highest BCUT2D eigenvalue weighted by Crippen LogP contribution is 2.29. The van der Waals surface area contributed by atoms with Crippen molar-refractivity contribution in [3.8, 4) is 0 Å². The summed E-state index contributed by atoms with van der Waals surface area (Å²) in [6, 6.07) is 0.294. The smallest absolute Gasteiger partial charge is 0.227 e. The maximum absolute atomic E-state index is 12.6. The molecule has 2 heterocycles. The highest BCUT2D eigenvalue weighted by atomic mass is 16.2. The van der Waals surface area contributed by atoms with Gasteiger partial charge in [0.1, 0.15) is 0 Å². The molecular weight excluding hydrogens is 240 g/mol. The molecule has 3 atom stereocenters. The Morgan fingerprint density at radius 3 is 2.95 bits per heavy atom. The number of carbonyl (C=O) groups is 1. The van der Waals surface area contributed by atoms with E-state index in [9.17, 15) is 4.79 Å². The van der Waals surface area contributed by atoms with Crippen LogP contribution in [-0.2, 0) is 11.8 Å². The summed E-state index contributed by atoms with van der Waals surface area (Å²) >= 11 is 0. The average Bonchev–Trinajstić information content (AvgIpc) is 3.04. The lowest BCUT2D eigenvalue weighted by Gasteiger charge is -2.28. The Kier molecular flexibility index (Phi) is 4.24. The predicted octanol–water partition coefficient (Wildman–Crippen LogP) is 0.980. The van der Waals surface area contributed by atoms with E-state index in [4.69, 9.17) is 0 Å². The van der Waals surface area contributed by atoms with Crippen LogP contribution in [0.25, 0.3) is 0 Å². The summed E-state index contributed by atoms with van der Waals surface area (Å²) in [5.74, 6) is 0.518. The molecule has 2 rings (SSSR count). The summed E-state index contributed by atoms with van der Waals surface area (Å²) in [4.78, 5) is 14.5. The fourth-order valence-electron chi connectivity index (χ4n) is 2.67. The van der Waals surface area contributed by atoms with Crippen molar-refractivity contribution < 1.29 is 4.79 Å². The van der Waals surface area contributed by atoms with Crippen LogP contribution in [0.15, 0.2) is 12.4 Å². The van der Waals surface area contributed by atoms with E-state index < -0.39 is 0 Å². The normalized spacial score (nSPS) is 24.4. The molecule has 0 saturated carbocycles. The van der Waals surface area contributed by atoms with Crippen molar-refractivity contribution in [1.82, 2.24) is 20.0 Å². The number of rotatable bonds is 4. The second-order valence-corrected chi connectivity index (χ2v) is 5.52. The quantitative estimate of drug-likeness (QED) is 0.882. The predicted molar refractivity (Wildman–Crippen MR) is 74.8 cm³/mol. The van der Waals surface area contributed by atoms with Crippen molar-refractivity contribution in [2.24, 2.45) is 13.0 Å². The Balaban J connectivity index is 2.12. The van der Waals surface area contributed by atoms with Gasteiger partial charge in [-0.2, -0.15) is 5.10 Å². The Hall–Kier alpha value is -1.36. The van der Waals surface area contributed by atoms with Gasteiger partial charge in [-0.3, -0.25) is 9.48 Å². The minimum absolute atomic E-state index is 0.0307. The van der Waals surface area contributed by atoms with Crippen LogP contribution in [0, 0.1) is 5.92 Å². The van der Waals surface area contributed by atoms with Crippen molar-refractivity contribution in [1.29, 1.82) is 0 Å². The summed E-state index contributed by atoms with van der Waals surface area (Å²) in [5.41, 5.74) is 1.16. The fourth-order valence-corrected chi connectivity index (χ4v) is 2.67. The van der Waals surface area contributed by atoms with E-state index in [1.165, 1.54) is 0 Å². The molecule has 1 unspecified atom stereocenters. The zero-order valence-electron chi connectivity index (χ0n) is 12.3. The summed E-state index contributed by atoms with van der Waals surface area (Å²) in [6.07, 6.45) is 4.88. The first kappa shape index (κ1) is 14.1. The van der Waals surface area contributed by atoms with Crippen molar-refractivity contribution in [2.45, 2.75) is 32.2 Å². The summed E-state index contributed by atoms with van der Waals surface area (Å²) in [7, 11) is 3.82. The zero-order valence-corrected chi connectivity index (χ0v) is 12.3. The Bertz CT molecular complexity index is 442. The van der Waals surface area contributed by atoms with Gasteiger partial charge >= 0.3 is 0 Å². The Morgan fingerprint density at radius 2 is 2.37 bits per heavy atom. The van der Waals surface area contributed by atoms with Crippen molar-refractivity contribution >= 4 is 5.91 Å². The zero-order chi connectivity index (χ0) is 14.0. The maximum atomic E-state index is 12.6. The van der Waals surface area contributed by atoms with Gasteiger partial charge in [0.2, 0.25) is 5.91 Å². The molecule has 1 aliphatic heterocycles. The minimum atomic E-state index is 0.0307. The number of hydrogen-bond acceptors (Lipinski definition) is 3. The van der Waals surface area contributed by atoms with Gasteiger partial charge in [0.15, 0.2) is 0 Å². The van der Waals surface area contributed by atoms with Crippen LogP contribution in [0.5, 0.6) is 0 Å². The van der Waals surface area contributed by atoms with Crippen LogP contribution in [0.4, 0.5) is 0 Å². The fraction of sp³-hybridized carbons (Fsp3) is 0.714. The van der Waals surface area contributed by atoms with Crippen LogP contribution < -0.4 is 5.32 Å². The van der Waals surface area contributed by atoms with E-state index in [0.29, 0.717) is 6.04 Å². The molecule has 1 fully saturated rings. The monoisotopic (exact) mass is 264 g/mol. The first-order chi connectivity index (χ1) is 9.04. The molecule has 0 aliphatic carbocycles. The van der Waals surface area contributed by atoms with Gasteiger partial charge in [0.05, 0.1) is 12.1 Å². The molecule has 5 nitrogen and oxygen atoms in total. The lowest BCUT2D eigenvalue weighted by Crippen LogP contribution is -2.41. The summed E-state index contributed by atoms with van der Waals surface area (Å²) in [5, 5.41) is 7.55. The van der Waals surface area contributed by atoms with Crippen molar-refractivity contribution in [3.05, 3.63) is 18.0 Å². The van der Waals surface area contributed by atoms with E-state index in [-0.39, 0.29) is 17.7 Å². The molecule has 0 radical (unpaired) electrons. The first-order valence-corrected chi connectivity index (χ1v) is 7.00. The molecule has 1 aliphatic rings. The topological polar surface area (TPSA) is 50.2 Å². The van der Waals surface area contributed by atoms with Gasteiger partial charge in [0, 0.05) is 45.3 Å². The summed E-state index contributed by atoms with van der Waals surface area (Å²) in [6.45, 7) is 5.83. The first-order valence-electron chi connectivity index (χ1n) is 7.00. The molecule has 106 valence electrons. The van der Waals surface area contributed by atoms with E-state index in [0.717, 1.165) is 25.1 Å². The third-order valence-corrected chi connectivity index (χ3v) is 4.28. The average molecular weight is 264 g/mol. The van der Waals surface area contributed by atoms with Crippen LogP contribution in [-0.4, -0.2) is 46.8 Å². The highest BCUT2D eigenvalue weighted by molar-refractivity contribution is 5.80. The Morgan fingerprint density at radius 1 is 1.63 bits per heavy atom. The second kappa shape index (κ2) is 5.74. The van der Waals surface area contributed by atoms with Gasteiger partial charge in [-0.05, 0) is 18.9 Å². The molecule has 1 aromatic rings. The molecule has 0 aromatic carbocycles. The SMILES string of the molecule is CCC(C)N(C)C(=O)[C@H]1CNC[C@@H]1c1cnn(C)c1. The second-order valence-electron chi connectivity index (χ2n) is 5.52. The van der Waals surface area contributed by atoms with E-state index in [2.05, 4.69) is 24.3 Å². The number of carbonyl (C=O) groups excluding carboxylic acids is 1. The van der Waals surface area contributed by atoms with E-state index in [1.807, 2.05) is 31.4 Å². The molecule has 1 aromatic heterocycles. The van der Waals surface area contributed by atoms with Gasteiger partial charge in [-0.15, -0.1) is 0 Å². The van der Waals surface area contributed by atoms with Crippen LogP contribution in [0.3, 0.4) is 0 Å². The molecule has 19 heavy (non-hydrogen) atoms. The third-order valence-electron chi connectivity index (χ3n) is 4.28. The minimum Gasteiger partial charge on any atom is -0.343 e. The highest BCUT2D eigenvalue weighted by Gasteiger charge is 2.36. The summed E-state index contributed by atoms with van der Waals surface area (Å²) < 4.78 is 1.80. The largest absolute Gasteiger partial charge is 0.343 e. The molecule has 0 bridgehead atoms. The lowest BCUT2D eigenvalue weighted by molar-refractivity contribution is -0.135. The number of aromatic nitrogens is 2. The standard InChI is InChI=1S/C14H24N4O/c1-5-10(2)18(4)14(19)13-8-15-7-12(13)11-6-16-17(3)9-11/h6,9-10,12-13,15H,5,7-8H2,1-4H3/t10?,12-,13+/m1/s1. The number of hydrogen-bond donors (Lipinski definition) is 1. The molecular formula is C14H24N4O. The molecule has 5 heteroatoms. The number of nitrogens with one attached hydrogen (secondary N) is 1. The molecule has 1 saturated heterocycles. The number of nitrogens with zero attached hydrogens (tertiary/aromatic N) is 3. The molecule has 1 amide bonds. The van der Waals surface area contributed by atoms with Gasteiger partial charge in [-0.25, -0.2) is 0 Å². The van der Waals surface area contributed by atoms with Crippen LogP contribution in [0.2, 0.25) is 0 Å².